The zero-order valence-corrected chi connectivity index (χ0v) is 10.0. The first-order chi connectivity index (χ1) is 7.20. The van der Waals surface area contributed by atoms with Crippen LogP contribution in [0.4, 0.5) is 0 Å². The summed E-state index contributed by atoms with van der Waals surface area (Å²) in [5, 5.41) is 3.53. The van der Waals surface area contributed by atoms with Crippen LogP contribution in [0.3, 0.4) is 0 Å². The molecule has 1 N–H and O–H groups in total. The Hall–Kier alpha value is -0.890. The molecule has 0 fully saturated rings. The SMILES string of the molecule is CC(C)CCCNC(C)c1ccncc1. The Bertz CT molecular complexity index is 256. The van der Waals surface area contributed by atoms with E-state index in [1.54, 1.807) is 0 Å². The summed E-state index contributed by atoms with van der Waals surface area (Å²) < 4.78 is 0. The highest BCUT2D eigenvalue weighted by atomic mass is 14.9. The maximum Gasteiger partial charge on any atom is 0.0292 e. The van der Waals surface area contributed by atoms with Gasteiger partial charge in [-0.15, -0.1) is 0 Å². The smallest absolute Gasteiger partial charge is 0.0292 e. The molecule has 1 unspecified atom stereocenters. The number of nitrogens with one attached hydrogen (secondary N) is 1. The molecule has 0 bridgehead atoms. The zero-order chi connectivity index (χ0) is 11.1. The van der Waals surface area contributed by atoms with Gasteiger partial charge in [0, 0.05) is 18.4 Å². The van der Waals surface area contributed by atoms with Crippen molar-refractivity contribution in [1.29, 1.82) is 0 Å². The second-order valence-corrected chi connectivity index (χ2v) is 4.49. The fraction of sp³-hybridized carbons (Fsp3) is 0.615. The summed E-state index contributed by atoms with van der Waals surface area (Å²) in [6, 6.07) is 4.57. The van der Waals surface area contributed by atoms with Gasteiger partial charge in [0.1, 0.15) is 0 Å². The predicted octanol–water partition coefficient (Wildman–Crippen LogP) is 3.17. The minimum atomic E-state index is 0.431. The third kappa shape index (κ3) is 4.93. The van der Waals surface area contributed by atoms with Gasteiger partial charge in [-0.05, 0) is 49.9 Å². The molecule has 0 saturated carbocycles. The number of nitrogens with zero attached hydrogens (tertiary/aromatic N) is 1. The molecule has 1 atom stereocenters. The van der Waals surface area contributed by atoms with Gasteiger partial charge in [-0.3, -0.25) is 4.98 Å². The van der Waals surface area contributed by atoms with Gasteiger partial charge in [0.2, 0.25) is 0 Å². The molecule has 2 heteroatoms. The lowest BCUT2D eigenvalue weighted by Gasteiger charge is -2.14. The molecule has 1 aromatic heterocycles. The van der Waals surface area contributed by atoms with E-state index in [4.69, 9.17) is 0 Å². The highest BCUT2D eigenvalue weighted by Gasteiger charge is 2.03. The number of rotatable bonds is 6. The lowest BCUT2D eigenvalue weighted by molar-refractivity contribution is 0.497. The van der Waals surface area contributed by atoms with Gasteiger partial charge < -0.3 is 5.32 Å². The predicted molar refractivity (Wildman–Crippen MR) is 64.7 cm³/mol. The normalized spacial score (nSPS) is 13.1. The van der Waals surface area contributed by atoms with Gasteiger partial charge in [0.15, 0.2) is 0 Å². The third-order valence-corrected chi connectivity index (χ3v) is 2.61. The summed E-state index contributed by atoms with van der Waals surface area (Å²) in [6.07, 6.45) is 6.26. The summed E-state index contributed by atoms with van der Waals surface area (Å²) in [5.41, 5.74) is 1.31. The van der Waals surface area contributed by atoms with Gasteiger partial charge in [0.25, 0.3) is 0 Å². The second-order valence-electron chi connectivity index (χ2n) is 4.49. The Balaban J connectivity index is 2.22. The Kier molecular flexibility index (Phi) is 5.33. The lowest BCUT2D eigenvalue weighted by Crippen LogP contribution is -2.20. The van der Waals surface area contributed by atoms with Crippen molar-refractivity contribution in [3.63, 3.8) is 0 Å². The number of hydrogen-bond donors (Lipinski definition) is 1. The first-order valence-corrected chi connectivity index (χ1v) is 5.83. The zero-order valence-electron chi connectivity index (χ0n) is 10.0. The Labute approximate surface area is 93.1 Å². The van der Waals surface area contributed by atoms with Crippen LogP contribution in [0.1, 0.15) is 45.2 Å². The average Bonchev–Trinajstić information content (AvgIpc) is 2.25. The Morgan fingerprint density at radius 1 is 1.20 bits per heavy atom. The molecule has 2 nitrogen and oxygen atoms in total. The van der Waals surface area contributed by atoms with Crippen LogP contribution < -0.4 is 5.32 Å². The molecule has 84 valence electrons. The van der Waals surface area contributed by atoms with E-state index in [0.717, 1.165) is 12.5 Å². The quantitative estimate of drug-likeness (QED) is 0.723. The molecule has 0 aromatic carbocycles. The summed E-state index contributed by atoms with van der Waals surface area (Å²) in [6.45, 7) is 7.84. The van der Waals surface area contributed by atoms with Crippen molar-refractivity contribution in [2.45, 2.75) is 39.7 Å². The van der Waals surface area contributed by atoms with E-state index in [2.05, 4.69) is 43.2 Å². The maximum atomic E-state index is 4.02. The fourth-order valence-electron chi connectivity index (χ4n) is 1.60. The van der Waals surface area contributed by atoms with Crippen LogP contribution in [0.5, 0.6) is 0 Å². The van der Waals surface area contributed by atoms with E-state index in [0.29, 0.717) is 6.04 Å². The van der Waals surface area contributed by atoms with Crippen LogP contribution in [0.15, 0.2) is 24.5 Å². The van der Waals surface area contributed by atoms with Crippen molar-refractivity contribution in [3.8, 4) is 0 Å². The largest absolute Gasteiger partial charge is 0.310 e. The third-order valence-electron chi connectivity index (χ3n) is 2.61. The molecule has 1 aromatic rings. The first kappa shape index (κ1) is 12.2. The number of hydrogen-bond acceptors (Lipinski definition) is 2. The van der Waals surface area contributed by atoms with E-state index in [1.165, 1.54) is 18.4 Å². The van der Waals surface area contributed by atoms with Crippen molar-refractivity contribution in [2.24, 2.45) is 5.92 Å². The van der Waals surface area contributed by atoms with Gasteiger partial charge in [-0.1, -0.05) is 13.8 Å². The Morgan fingerprint density at radius 2 is 1.87 bits per heavy atom. The lowest BCUT2D eigenvalue weighted by atomic mass is 10.1. The van der Waals surface area contributed by atoms with Gasteiger partial charge in [0.05, 0.1) is 0 Å². The van der Waals surface area contributed by atoms with Crippen molar-refractivity contribution in [3.05, 3.63) is 30.1 Å². The standard InChI is InChI=1S/C13H22N2/c1-11(2)5-4-8-15-12(3)13-6-9-14-10-7-13/h6-7,9-12,15H,4-5,8H2,1-3H3. The fourth-order valence-corrected chi connectivity index (χ4v) is 1.60. The van der Waals surface area contributed by atoms with Crippen molar-refractivity contribution < 1.29 is 0 Å². The van der Waals surface area contributed by atoms with Crippen LogP contribution in [0.25, 0.3) is 0 Å². The van der Waals surface area contributed by atoms with Crippen molar-refractivity contribution >= 4 is 0 Å². The van der Waals surface area contributed by atoms with Crippen LogP contribution in [-0.4, -0.2) is 11.5 Å². The molecule has 0 amide bonds. The first-order valence-electron chi connectivity index (χ1n) is 5.83. The molecule has 0 spiro atoms. The average molecular weight is 206 g/mol. The van der Waals surface area contributed by atoms with E-state index in [1.807, 2.05) is 12.4 Å². The van der Waals surface area contributed by atoms with Crippen molar-refractivity contribution in [2.75, 3.05) is 6.54 Å². The molecule has 0 aliphatic heterocycles. The van der Waals surface area contributed by atoms with Crippen molar-refractivity contribution in [1.82, 2.24) is 10.3 Å². The molecule has 0 saturated heterocycles. The topological polar surface area (TPSA) is 24.9 Å². The molecule has 0 aliphatic carbocycles. The molecule has 1 heterocycles. The number of pyridine rings is 1. The van der Waals surface area contributed by atoms with Gasteiger partial charge in [-0.25, -0.2) is 0 Å². The summed E-state index contributed by atoms with van der Waals surface area (Å²) in [7, 11) is 0. The number of aromatic nitrogens is 1. The van der Waals surface area contributed by atoms with E-state index in [9.17, 15) is 0 Å². The summed E-state index contributed by atoms with van der Waals surface area (Å²) >= 11 is 0. The molecule has 15 heavy (non-hydrogen) atoms. The van der Waals surface area contributed by atoms with Crippen LogP contribution in [0.2, 0.25) is 0 Å². The van der Waals surface area contributed by atoms with E-state index >= 15 is 0 Å². The minimum absolute atomic E-state index is 0.431. The van der Waals surface area contributed by atoms with Crippen LogP contribution in [0, 0.1) is 5.92 Å². The molecular weight excluding hydrogens is 184 g/mol. The highest BCUT2D eigenvalue weighted by molar-refractivity contribution is 5.13. The van der Waals surface area contributed by atoms with E-state index < -0.39 is 0 Å². The second kappa shape index (κ2) is 6.57. The molecular formula is C13H22N2. The van der Waals surface area contributed by atoms with E-state index in [-0.39, 0.29) is 0 Å². The Morgan fingerprint density at radius 3 is 2.47 bits per heavy atom. The van der Waals surface area contributed by atoms with Gasteiger partial charge in [-0.2, -0.15) is 0 Å². The molecule has 0 radical (unpaired) electrons. The van der Waals surface area contributed by atoms with Crippen LogP contribution in [-0.2, 0) is 0 Å². The summed E-state index contributed by atoms with van der Waals surface area (Å²) in [4.78, 5) is 4.02. The summed E-state index contributed by atoms with van der Waals surface area (Å²) in [5.74, 6) is 0.808. The van der Waals surface area contributed by atoms with Crippen LogP contribution >= 0.6 is 0 Å². The monoisotopic (exact) mass is 206 g/mol. The van der Waals surface area contributed by atoms with Gasteiger partial charge >= 0.3 is 0 Å². The molecule has 1 rings (SSSR count). The minimum Gasteiger partial charge on any atom is -0.310 e. The highest BCUT2D eigenvalue weighted by Crippen LogP contribution is 2.10. The molecule has 0 aliphatic rings. The maximum absolute atomic E-state index is 4.02.